The summed E-state index contributed by atoms with van der Waals surface area (Å²) in [6.45, 7) is 2.49. The summed E-state index contributed by atoms with van der Waals surface area (Å²) < 4.78 is 10.7. The molecule has 0 radical (unpaired) electrons. The molecule has 4 nitrogen and oxygen atoms in total. The lowest BCUT2D eigenvalue weighted by Crippen LogP contribution is -2.04. The fourth-order valence-electron chi connectivity index (χ4n) is 2.06. The number of aromatic nitrogens is 1. The fourth-order valence-corrected chi connectivity index (χ4v) is 2.06. The van der Waals surface area contributed by atoms with Crippen LogP contribution in [-0.2, 0) is 6.42 Å². The highest BCUT2D eigenvalue weighted by atomic mass is 16.5. The van der Waals surface area contributed by atoms with Crippen LogP contribution in [0.4, 0.5) is 0 Å². The number of hydrogen-bond donors (Lipinski definition) is 1. The van der Waals surface area contributed by atoms with Gasteiger partial charge in [0, 0.05) is 18.2 Å². The average Bonchev–Trinajstić information content (AvgIpc) is 2.48. The molecule has 1 atom stereocenters. The lowest BCUT2D eigenvalue weighted by atomic mass is 10.0. The summed E-state index contributed by atoms with van der Waals surface area (Å²) in [5, 5.41) is 10.3. The van der Waals surface area contributed by atoms with Crippen molar-refractivity contribution in [3.63, 3.8) is 0 Å². The molecule has 0 spiro atoms. The maximum Gasteiger partial charge on any atom is 0.137 e. The Balaban J connectivity index is 2.15. The molecule has 0 aliphatic heterocycles. The molecular weight excluding hydrogens is 254 g/mol. The van der Waals surface area contributed by atoms with Gasteiger partial charge in [0.05, 0.1) is 26.0 Å². The number of pyridine rings is 1. The van der Waals surface area contributed by atoms with Gasteiger partial charge in [0.1, 0.15) is 11.5 Å². The topological polar surface area (TPSA) is 51.6 Å². The van der Waals surface area contributed by atoms with Crippen molar-refractivity contribution in [1.29, 1.82) is 0 Å². The third-order valence-corrected chi connectivity index (χ3v) is 3.04. The van der Waals surface area contributed by atoms with Gasteiger partial charge in [-0.2, -0.15) is 0 Å². The Bertz CT molecular complexity index is 557. The van der Waals surface area contributed by atoms with Gasteiger partial charge in [-0.1, -0.05) is 18.2 Å². The molecule has 106 valence electrons. The third-order valence-electron chi connectivity index (χ3n) is 3.04. The Hall–Kier alpha value is -2.07. The second-order valence-corrected chi connectivity index (χ2v) is 4.42. The number of methoxy groups -OCH3 is 1. The van der Waals surface area contributed by atoms with E-state index in [4.69, 9.17) is 9.47 Å². The van der Waals surface area contributed by atoms with Crippen molar-refractivity contribution in [2.45, 2.75) is 19.4 Å². The van der Waals surface area contributed by atoms with Gasteiger partial charge in [-0.3, -0.25) is 4.98 Å². The highest BCUT2D eigenvalue weighted by Crippen LogP contribution is 2.26. The quantitative estimate of drug-likeness (QED) is 0.879. The van der Waals surface area contributed by atoms with E-state index in [2.05, 4.69) is 4.98 Å². The van der Waals surface area contributed by atoms with Gasteiger partial charge in [0.25, 0.3) is 0 Å². The lowest BCUT2D eigenvalue weighted by Gasteiger charge is -2.14. The first-order chi connectivity index (χ1) is 9.74. The van der Waals surface area contributed by atoms with E-state index < -0.39 is 6.10 Å². The van der Waals surface area contributed by atoms with Crippen LogP contribution in [0.15, 0.2) is 42.7 Å². The normalized spacial score (nSPS) is 11.9. The predicted octanol–water partition coefficient (Wildman–Crippen LogP) is 2.77. The minimum atomic E-state index is -0.640. The van der Waals surface area contributed by atoms with Crippen LogP contribution in [0.1, 0.15) is 24.2 Å². The van der Waals surface area contributed by atoms with Crippen LogP contribution in [0.3, 0.4) is 0 Å². The molecule has 0 saturated carbocycles. The smallest absolute Gasteiger partial charge is 0.137 e. The van der Waals surface area contributed by atoms with Gasteiger partial charge < -0.3 is 14.6 Å². The zero-order valence-corrected chi connectivity index (χ0v) is 11.7. The van der Waals surface area contributed by atoms with Crippen LogP contribution in [-0.4, -0.2) is 23.8 Å². The van der Waals surface area contributed by atoms with Crippen molar-refractivity contribution in [1.82, 2.24) is 4.98 Å². The van der Waals surface area contributed by atoms with Gasteiger partial charge in [-0.15, -0.1) is 0 Å². The molecule has 1 unspecified atom stereocenters. The minimum absolute atomic E-state index is 0.473. The fraction of sp³-hybridized carbons (Fsp3) is 0.312. The molecule has 1 aromatic carbocycles. The van der Waals surface area contributed by atoms with Crippen molar-refractivity contribution in [3.05, 3.63) is 53.9 Å². The number of para-hydroxylation sites is 1. The van der Waals surface area contributed by atoms with Gasteiger partial charge >= 0.3 is 0 Å². The molecule has 0 fully saturated rings. The molecule has 0 saturated heterocycles. The first-order valence-electron chi connectivity index (χ1n) is 6.62. The summed E-state index contributed by atoms with van der Waals surface area (Å²) in [4.78, 5) is 4.09. The second-order valence-electron chi connectivity index (χ2n) is 4.42. The van der Waals surface area contributed by atoms with Crippen molar-refractivity contribution in [3.8, 4) is 11.5 Å². The summed E-state index contributed by atoms with van der Waals surface area (Å²) in [5.74, 6) is 1.45. The van der Waals surface area contributed by atoms with E-state index in [-0.39, 0.29) is 0 Å². The number of aliphatic hydroxyl groups excluding tert-OH is 1. The first-order valence-corrected chi connectivity index (χ1v) is 6.62. The molecule has 0 bridgehead atoms. The number of hydrogen-bond acceptors (Lipinski definition) is 4. The van der Waals surface area contributed by atoms with E-state index >= 15 is 0 Å². The van der Waals surface area contributed by atoms with E-state index in [1.54, 1.807) is 19.5 Å². The van der Waals surface area contributed by atoms with Crippen molar-refractivity contribution in [2.75, 3.05) is 13.7 Å². The van der Waals surface area contributed by atoms with Crippen LogP contribution < -0.4 is 9.47 Å². The van der Waals surface area contributed by atoms with Gasteiger partial charge in [-0.05, 0) is 24.6 Å². The molecule has 2 aromatic rings. The molecule has 4 heteroatoms. The van der Waals surface area contributed by atoms with Gasteiger partial charge in [0.2, 0.25) is 0 Å². The second kappa shape index (κ2) is 6.91. The monoisotopic (exact) mass is 273 g/mol. The highest BCUT2D eigenvalue weighted by molar-refractivity contribution is 5.35. The van der Waals surface area contributed by atoms with Crippen LogP contribution in [0, 0.1) is 0 Å². The average molecular weight is 273 g/mol. The van der Waals surface area contributed by atoms with Crippen LogP contribution >= 0.6 is 0 Å². The van der Waals surface area contributed by atoms with E-state index in [1.807, 2.05) is 37.3 Å². The van der Waals surface area contributed by atoms with Crippen LogP contribution in [0.5, 0.6) is 11.5 Å². The minimum Gasteiger partial charge on any atom is -0.496 e. The summed E-state index contributed by atoms with van der Waals surface area (Å²) in [5.41, 5.74) is 1.70. The van der Waals surface area contributed by atoms with Gasteiger partial charge in [-0.25, -0.2) is 0 Å². The third kappa shape index (κ3) is 3.48. The van der Waals surface area contributed by atoms with E-state index in [9.17, 15) is 5.11 Å². The number of aliphatic hydroxyl groups is 1. The van der Waals surface area contributed by atoms with Crippen molar-refractivity contribution in [2.24, 2.45) is 0 Å². The summed E-state index contributed by atoms with van der Waals surface area (Å²) in [6.07, 6.45) is 3.13. The molecule has 1 heterocycles. The number of ether oxygens (including phenoxy) is 2. The number of rotatable bonds is 6. The summed E-state index contributed by atoms with van der Waals surface area (Å²) in [7, 11) is 1.63. The molecule has 1 N–H and O–H groups in total. The number of benzene rings is 1. The van der Waals surface area contributed by atoms with Crippen molar-refractivity contribution < 1.29 is 14.6 Å². The van der Waals surface area contributed by atoms with E-state index in [1.165, 1.54) is 0 Å². The molecule has 1 aromatic heterocycles. The molecule has 0 amide bonds. The Labute approximate surface area is 119 Å². The molecule has 20 heavy (non-hydrogen) atoms. The largest absolute Gasteiger partial charge is 0.496 e. The van der Waals surface area contributed by atoms with E-state index in [0.717, 1.165) is 16.9 Å². The summed E-state index contributed by atoms with van der Waals surface area (Å²) in [6, 6.07) is 9.49. The Morgan fingerprint density at radius 3 is 2.80 bits per heavy atom. The Morgan fingerprint density at radius 1 is 1.25 bits per heavy atom. The SMILES string of the molecule is CCOc1cncc(C(O)Cc2ccccc2OC)c1. The molecular formula is C16H19NO3. The summed E-state index contributed by atoms with van der Waals surface area (Å²) >= 11 is 0. The first kappa shape index (κ1) is 14.3. The van der Waals surface area contributed by atoms with E-state index in [0.29, 0.717) is 18.8 Å². The zero-order chi connectivity index (χ0) is 14.4. The molecule has 2 rings (SSSR count). The lowest BCUT2D eigenvalue weighted by molar-refractivity contribution is 0.176. The maximum absolute atomic E-state index is 10.3. The Kier molecular flexibility index (Phi) is 4.96. The molecule has 0 aliphatic rings. The van der Waals surface area contributed by atoms with Gasteiger partial charge in [0.15, 0.2) is 0 Å². The number of nitrogens with zero attached hydrogens (tertiary/aromatic N) is 1. The van der Waals surface area contributed by atoms with Crippen molar-refractivity contribution >= 4 is 0 Å². The maximum atomic E-state index is 10.3. The van der Waals surface area contributed by atoms with Crippen LogP contribution in [0.25, 0.3) is 0 Å². The highest BCUT2D eigenvalue weighted by Gasteiger charge is 2.13. The van der Waals surface area contributed by atoms with Crippen LogP contribution in [0.2, 0.25) is 0 Å². The molecule has 0 aliphatic carbocycles. The predicted molar refractivity (Wildman–Crippen MR) is 77.1 cm³/mol. The zero-order valence-electron chi connectivity index (χ0n) is 11.7. The Morgan fingerprint density at radius 2 is 2.05 bits per heavy atom. The standard InChI is InChI=1S/C16H19NO3/c1-3-20-14-8-13(10-17-11-14)15(18)9-12-6-4-5-7-16(12)19-2/h4-8,10-11,15,18H,3,9H2,1-2H3.